The standard InChI is InChI=1S/C15H18FN3O5/c16-7-12(21)17-6-2-1-3-10-8-19(15(23)18-14(10)22)13-5-4-11(9-20)24-13/h8,11,13,20H,3-7,9H2,(H,17,21)(H,18,22,23)/t11-,13+/m0/s1. The molecule has 1 fully saturated rings. The number of halogens is 1. The summed E-state index contributed by atoms with van der Waals surface area (Å²) >= 11 is 0. The molecule has 0 aromatic carbocycles. The van der Waals surface area contributed by atoms with Gasteiger partial charge in [0.05, 0.1) is 19.3 Å². The molecule has 130 valence electrons. The number of hydrogen-bond donors (Lipinski definition) is 3. The van der Waals surface area contributed by atoms with E-state index in [9.17, 15) is 18.8 Å². The second kappa shape index (κ2) is 8.42. The Morgan fingerprint density at radius 1 is 1.46 bits per heavy atom. The lowest BCUT2D eigenvalue weighted by Gasteiger charge is -2.15. The van der Waals surface area contributed by atoms with E-state index >= 15 is 0 Å². The molecular weight excluding hydrogens is 321 g/mol. The zero-order chi connectivity index (χ0) is 17.5. The SMILES string of the molecule is O=C(CF)NCC#CCc1cn([C@H]2CC[C@@H](CO)O2)c(=O)[nH]c1=O. The van der Waals surface area contributed by atoms with Crippen LogP contribution in [-0.2, 0) is 16.0 Å². The highest BCUT2D eigenvalue weighted by Crippen LogP contribution is 2.26. The van der Waals surface area contributed by atoms with Crippen LogP contribution in [0, 0.1) is 11.8 Å². The number of carbonyl (C=O) groups excluding carboxylic acids is 1. The lowest BCUT2D eigenvalue weighted by atomic mass is 10.2. The summed E-state index contributed by atoms with van der Waals surface area (Å²) in [5, 5.41) is 11.3. The molecule has 0 spiro atoms. The van der Waals surface area contributed by atoms with Crippen LogP contribution in [0.2, 0.25) is 0 Å². The number of aromatic amines is 1. The molecule has 8 nitrogen and oxygen atoms in total. The number of aliphatic hydroxyl groups excluding tert-OH is 1. The first kappa shape index (κ1) is 17.9. The van der Waals surface area contributed by atoms with E-state index in [1.54, 1.807) is 0 Å². The summed E-state index contributed by atoms with van der Waals surface area (Å²) in [7, 11) is 0. The topological polar surface area (TPSA) is 113 Å². The number of nitrogens with one attached hydrogen (secondary N) is 2. The third-order valence-corrected chi connectivity index (χ3v) is 3.54. The van der Waals surface area contributed by atoms with Crippen molar-refractivity contribution in [3.8, 4) is 11.8 Å². The van der Waals surface area contributed by atoms with E-state index < -0.39 is 30.1 Å². The lowest BCUT2D eigenvalue weighted by Crippen LogP contribution is -2.34. The third kappa shape index (κ3) is 4.53. The van der Waals surface area contributed by atoms with Gasteiger partial charge >= 0.3 is 5.69 Å². The molecule has 2 heterocycles. The van der Waals surface area contributed by atoms with Gasteiger partial charge in [0.25, 0.3) is 11.5 Å². The van der Waals surface area contributed by atoms with E-state index in [0.29, 0.717) is 12.8 Å². The molecule has 3 N–H and O–H groups in total. The lowest BCUT2D eigenvalue weighted by molar-refractivity contribution is -0.121. The first-order chi connectivity index (χ1) is 11.5. The minimum Gasteiger partial charge on any atom is -0.394 e. The Morgan fingerprint density at radius 3 is 2.92 bits per heavy atom. The number of amides is 1. The molecule has 2 rings (SSSR count). The van der Waals surface area contributed by atoms with Crippen LogP contribution in [0.15, 0.2) is 15.8 Å². The Balaban J connectivity index is 2.07. The molecule has 0 unspecified atom stereocenters. The highest BCUT2D eigenvalue weighted by Gasteiger charge is 2.27. The van der Waals surface area contributed by atoms with Crippen molar-refractivity contribution < 1.29 is 19.0 Å². The van der Waals surface area contributed by atoms with Crippen LogP contribution < -0.4 is 16.6 Å². The smallest absolute Gasteiger partial charge is 0.330 e. The van der Waals surface area contributed by atoms with Crippen LogP contribution in [0.5, 0.6) is 0 Å². The molecule has 0 bridgehead atoms. The number of alkyl halides is 1. The van der Waals surface area contributed by atoms with Crippen molar-refractivity contribution in [3.05, 3.63) is 32.6 Å². The zero-order valence-electron chi connectivity index (χ0n) is 12.9. The van der Waals surface area contributed by atoms with Crippen molar-refractivity contribution in [2.24, 2.45) is 0 Å². The van der Waals surface area contributed by atoms with Gasteiger partial charge < -0.3 is 15.2 Å². The fourth-order valence-corrected chi connectivity index (χ4v) is 2.30. The summed E-state index contributed by atoms with van der Waals surface area (Å²) < 4.78 is 18.7. The van der Waals surface area contributed by atoms with E-state index in [0.717, 1.165) is 0 Å². The van der Waals surface area contributed by atoms with Crippen molar-refractivity contribution in [2.75, 3.05) is 19.8 Å². The van der Waals surface area contributed by atoms with Crippen LogP contribution in [0.1, 0.15) is 24.6 Å². The van der Waals surface area contributed by atoms with Crippen LogP contribution in [-0.4, -0.2) is 46.5 Å². The molecule has 1 aromatic rings. The Labute approximate surface area is 136 Å². The van der Waals surface area contributed by atoms with Gasteiger partial charge in [-0.15, -0.1) is 0 Å². The molecule has 24 heavy (non-hydrogen) atoms. The third-order valence-electron chi connectivity index (χ3n) is 3.54. The van der Waals surface area contributed by atoms with Crippen molar-refractivity contribution in [2.45, 2.75) is 31.6 Å². The number of hydrogen-bond acceptors (Lipinski definition) is 5. The predicted octanol–water partition coefficient (Wildman–Crippen LogP) is -1.16. The molecule has 0 radical (unpaired) electrons. The largest absolute Gasteiger partial charge is 0.394 e. The molecule has 1 aliphatic rings. The number of carbonyl (C=O) groups is 1. The summed E-state index contributed by atoms with van der Waals surface area (Å²) in [6.45, 7) is -1.26. The van der Waals surface area contributed by atoms with Gasteiger partial charge in [-0.25, -0.2) is 9.18 Å². The molecule has 9 heteroatoms. The number of aliphatic hydroxyl groups is 1. The number of H-pyrrole nitrogens is 1. The average molecular weight is 339 g/mol. The van der Waals surface area contributed by atoms with Crippen molar-refractivity contribution in [3.63, 3.8) is 0 Å². The second-order valence-electron chi connectivity index (χ2n) is 5.23. The van der Waals surface area contributed by atoms with Crippen LogP contribution >= 0.6 is 0 Å². The predicted molar refractivity (Wildman–Crippen MR) is 82.0 cm³/mol. The van der Waals surface area contributed by atoms with Crippen LogP contribution in [0.3, 0.4) is 0 Å². The first-order valence-electron chi connectivity index (χ1n) is 7.44. The van der Waals surface area contributed by atoms with Gasteiger partial charge in [0.15, 0.2) is 6.67 Å². The summed E-state index contributed by atoms with van der Waals surface area (Å²) in [5.41, 5.74) is -0.861. The molecule has 0 saturated carbocycles. The van der Waals surface area contributed by atoms with E-state index in [2.05, 4.69) is 22.1 Å². The maximum Gasteiger partial charge on any atom is 0.330 e. The molecular formula is C15H18FN3O5. The van der Waals surface area contributed by atoms with Gasteiger partial charge in [0.2, 0.25) is 0 Å². The van der Waals surface area contributed by atoms with Crippen molar-refractivity contribution in [1.82, 2.24) is 14.9 Å². The van der Waals surface area contributed by atoms with E-state index in [-0.39, 0.29) is 31.2 Å². The Hall–Kier alpha value is -2.44. The average Bonchev–Trinajstić information content (AvgIpc) is 3.04. The first-order valence-corrected chi connectivity index (χ1v) is 7.44. The number of rotatable bonds is 5. The summed E-state index contributed by atoms with van der Waals surface area (Å²) in [6.07, 6.45) is 1.77. The van der Waals surface area contributed by atoms with Crippen LogP contribution in [0.4, 0.5) is 4.39 Å². The van der Waals surface area contributed by atoms with Gasteiger partial charge in [-0.1, -0.05) is 11.8 Å². The summed E-state index contributed by atoms with van der Waals surface area (Å²) in [4.78, 5) is 36.6. The molecule has 1 saturated heterocycles. The zero-order valence-corrected chi connectivity index (χ0v) is 12.9. The van der Waals surface area contributed by atoms with Gasteiger partial charge in [-0.3, -0.25) is 19.1 Å². The van der Waals surface area contributed by atoms with Crippen LogP contribution in [0.25, 0.3) is 0 Å². The monoisotopic (exact) mass is 339 g/mol. The highest BCUT2D eigenvalue weighted by atomic mass is 19.1. The van der Waals surface area contributed by atoms with Crippen molar-refractivity contribution >= 4 is 5.91 Å². The molecule has 2 atom stereocenters. The van der Waals surface area contributed by atoms with Gasteiger partial charge in [0.1, 0.15) is 6.23 Å². The Kier molecular flexibility index (Phi) is 6.28. The van der Waals surface area contributed by atoms with E-state index in [1.165, 1.54) is 10.8 Å². The van der Waals surface area contributed by atoms with Gasteiger partial charge in [-0.05, 0) is 12.8 Å². The molecule has 0 aliphatic carbocycles. The summed E-state index contributed by atoms with van der Waals surface area (Å²) in [5.74, 6) is 4.51. The number of aromatic nitrogens is 2. The fraction of sp³-hybridized carbons (Fsp3) is 0.533. The second-order valence-corrected chi connectivity index (χ2v) is 5.23. The number of ether oxygens (including phenoxy) is 1. The maximum atomic E-state index is 11.9. The Bertz CT molecular complexity index is 761. The minimum atomic E-state index is -1.11. The quantitative estimate of drug-likeness (QED) is 0.586. The normalized spacial score (nSPS) is 19.6. The van der Waals surface area contributed by atoms with Crippen molar-refractivity contribution in [1.29, 1.82) is 0 Å². The van der Waals surface area contributed by atoms with E-state index in [1.807, 2.05) is 0 Å². The van der Waals surface area contributed by atoms with Gasteiger partial charge in [-0.2, -0.15) is 0 Å². The maximum absolute atomic E-state index is 11.9. The molecule has 1 amide bonds. The highest BCUT2D eigenvalue weighted by molar-refractivity contribution is 5.77. The van der Waals surface area contributed by atoms with E-state index in [4.69, 9.17) is 9.84 Å². The summed E-state index contributed by atoms with van der Waals surface area (Å²) in [6, 6.07) is 0. The molecule has 1 aromatic heterocycles. The Morgan fingerprint density at radius 2 is 2.25 bits per heavy atom. The van der Waals surface area contributed by atoms with Gasteiger partial charge in [0, 0.05) is 18.2 Å². The number of nitrogens with zero attached hydrogens (tertiary/aromatic N) is 1. The minimum absolute atomic E-state index is 0.0236. The fourth-order valence-electron chi connectivity index (χ4n) is 2.30. The molecule has 1 aliphatic heterocycles.